The highest BCUT2D eigenvalue weighted by Gasteiger charge is 2.39. The van der Waals surface area contributed by atoms with Gasteiger partial charge in [0.05, 0.1) is 12.0 Å². The van der Waals surface area contributed by atoms with E-state index in [1.807, 2.05) is 0 Å². The van der Waals surface area contributed by atoms with E-state index in [0.29, 0.717) is 43.7 Å². The minimum atomic E-state index is -3.78. The first-order chi connectivity index (χ1) is 11.4. The van der Waals surface area contributed by atoms with Crippen LogP contribution in [-0.2, 0) is 14.8 Å². The SMILES string of the molecule is COc1ccc(C)c(S(=O)(=O)N2CCCC2C(=O)NCCCO)c1. The van der Waals surface area contributed by atoms with Crippen LogP contribution < -0.4 is 10.1 Å². The van der Waals surface area contributed by atoms with Gasteiger partial charge in [-0.25, -0.2) is 8.42 Å². The molecule has 0 aromatic heterocycles. The van der Waals surface area contributed by atoms with Crippen LogP contribution in [0.3, 0.4) is 0 Å². The quantitative estimate of drug-likeness (QED) is 0.700. The van der Waals surface area contributed by atoms with Crippen molar-refractivity contribution in [3.8, 4) is 5.75 Å². The number of carbonyl (C=O) groups is 1. The molecule has 0 saturated carbocycles. The molecule has 0 radical (unpaired) electrons. The predicted octanol–water partition coefficient (Wildman–Crippen LogP) is 0.655. The maximum atomic E-state index is 13.0. The van der Waals surface area contributed by atoms with E-state index in [0.717, 1.165) is 0 Å². The first kappa shape index (κ1) is 18.7. The van der Waals surface area contributed by atoms with Gasteiger partial charge in [-0.2, -0.15) is 4.31 Å². The number of carbonyl (C=O) groups excluding carboxylic acids is 1. The molecule has 2 rings (SSSR count). The van der Waals surface area contributed by atoms with Crippen molar-refractivity contribution in [2.75, 3.05) is 26.8 Å². The van der Waals surface area contributed by atoms with E-state index in [4.69, 9.17) is 9.84 Å². The molecule has 8 heteroatoms. The molecule has 1 heterocycles. The molecule has 0 aliphatic carbocycles. The van der Waals surface area contributed by atoms with Gasteiger partial charge in [0, 0.05) is 25.8 Å². The number of rotatable bonds is 7. The van der Waals surface area contributed by atoms with E-state index in [9.17, 15) is 13.2 Å². The molecule has 0 spiro atoms. The Morgan fingerprint density at radius 3 is 2.88 bits per heavy atom. The summed E-state index contributed by atoms with van der Waals surface area (Å²) < 4.78 is 32.4. The summed E-state index contributed by atoms with van der Waals surface area (Å²) in [6, 6.07) is 4.18. The number of benzene rings is 1. The molecule has 1 aliphatic heterocycles. The smallest absolute Gasteiger partial charge is 0.244 e. The number of aliphatic hydroxyl groups is 1. The summed E-state index contributed by atoms with van der Waals surface area (Å²) in [5.41, 5.74) is 0.613. The minimum absolute atomic E-state index is 0.0179. The summed E-state index contributed by atoms with van der Waals surface area (Å²) in [4.78, 5) is 12.5. The standard InChI is InChI=1S/C16H24N2O5S/c1-12-6-7-13(23-2)11-15(12)24(21,22)18-9-3-5-14(18)16(20)17-8-4-10-19/h6-7,11,14,19H,3-5,8-10H2,1-2H3,(H,17,20). The van der Waals surface area contributed by atoms with Crippen LogP contribution >= 0.6 is 0 Å². The van der Waals surface area contributed by atoms with Gasteiger partial charge in [-0.1, -0.05) is 6.07 Å². The lowest BCUT2D eigenvalue weighted by Gasteiger charge is -2.24. The second kappa shape index (κ2) is 7.96. The third-order valence-electron chi connectivity index (χ3n) is 4.12. The van der Waals surface area contributed by atoms with Crippen molar-refractivity contribution >= 4 is 15.9 Å². The van der Waals surface area contributed by atoms with Crippen LogP contribution in [-0.4, -0.2) is 56.6 Å². The van der Waals surface area contributed by atoms with Gasteiger partial charge >= 0.3 is 0 Å². The van der Waals surface area contributed by atoms with Crippen LogP contribution in [0.4, 0.5) is 0 Å². The van der Waals surface area contributed by atoms with Crippen LogP contribution in [0.1, 0.15) is 24.8 Å². The fourth-order valence-corrected chi connectivity index (χ4v) is 4.71. The Hall–Kier alpha value is -1.64. The highest BCUT2D eigenvalue weighted by molar-refractivity contribution is 7.89. The van der Waals surface area contributed by atoms with Gasteiger partial charge in [-0.15, -0.1) is 0 Å². The zero-order valence-electron chi connectivity index (χ0n) is 14.0. The number of ether oxygens (including phenoxy) is 1. The Morgan fingerprint density at radius 2 is 2.21 bits per heavy atom. The molecular formula is C16H24N2O5S. The van der Waals surface area contributed by atoms with Gasteiger partial charge in [-0.3, -0.25) is 4.79 Å². The van der Waals surface area contributed by atoms with Gasteiger partial charge in [0.1, 0.15) is 11.8 Å². The topological polar surface area (TPSA) is 95.9 Å². The molecule has 0 bridgehead atoms. The Bertz CT molecular complexity index is 690. The van der Waals surface area contributed by atoms with Gasteiger partial charge < -0.3 is 15.2 Å². The summed E-state index contributed by atoms with van der Waals surface area (Å²) in [6.07, 6.45) is 1.58. The fraction of sp³-hybridized carbons (Fsp3) is 0.562. The number of hydrogen-bond donors (Lipinski definition) is 2. The van der Waals surface area contributed by atoms with Crippen LogP contribution in [0.15, 0.2) is 23.1 Å². The maximum Gasteiger partial charge on any atom is 0.244 e. The molecule has 1 aliphatic rings. The summed E-state index contributed by atoms with van der Waals surface area (Å²) in [7, 11) is -2.30. The van der Waals surface area contributed by atoms with E-state index in [1.54, 1.807) is 19.1 Å². The number of amides is 1. The second-order valence-corrected chi connectivity index (χ2v) is 7.63. The van der Waals surface area contributed by atoms with Gasteiger partial charge in [-0.05, 0) is 37.8 Å². The Labute approximate surface area is 142 Å². The van der Waals surface area contributed by atoms with Crippen molar-refractivity contribution < 1.29 is 23.1 Å². The molecule has 1 atom stereocenters. The number of nitrogens with zero attached hydrogens (tertiary/aromatic N) is 1. The number of aryl methyl sites for hydroxylation is 1. The van der Waals surface area contributed by atoms with Gasteiger partial charge in [0.2, 0.25) is 15.9 Å². The molecule has 1 amide bonds. The molecule has 24 heavy (non-hydrogen) atoms. The third-order valence-corrected chi connectivity index (χ3v) is 6.17. The number of sulfonamides is 1. The monoisotopic (exact) mass is 356 g/mol. The largest absolute Gasteiger partial charge is 0.497 e. The van der Waals surface area contributed by atoms with Crippen molar-refractivity contribution in [3.05, 3.63) is 23.8 Å². The average molecular weight is 356 g/mol. The Kier molecular flexibility index (Phi) is 6.20. The van der Waals surface area contributed by atoms with Crippen molar-refractivity contribution in [2.45, 2.75) is 37.1 Å². The molecule has 7 nitrogen and oxygen atoms in total. The summed E-state index contributed by atoms with van der Waals surface area (Å²) in [6.45, 7) is 2.35. The number of nitrogens with one attached hydrogen (secondary N) is 1. The Morgan fingerprint density at radius 1 is 1.46 bits per heavy atom. The first-order valence-electron chi connectivity index (χ1n) is 7.97. The maximum absolute atomic E-state index is 13.0. The lowest BCUT2D eigenvalue weighted by Crippen LogP contribution is -2.46. The van der Waals surface area contributed by atoms with E-state index in [2.05, 4.69) is 5.32 Å². The first-order valence-corrected chi connectivity index (χ1v) is 9.41. The zero-order chi connectivity index (χ0) is 17.7. The number of methoxy groups -OCH3 is 1. The molecule has 1 unspecified atom stereocenters. The fourth-order valence-electron chi connectivity index (χ4n) is 2.81. The minimum Gasteiger partial charge on any atom is -0.497 e. The van der Waals surface area contributed by atoms with Gasteiger partial charge in [0.25, 0.3) is 0 Å². The van der Waals surface area contributed by atoms with E-state index in [-0.39, 0.29) is 17.4 Å². The highest BCUT2D eigenvalue weighted by atomic mass is 32.2. The molecule has 134 valence electrons. The lowest BCUT2D eigenvalue weighted by molar-refractivity contribution is -0.124. The number of hydrogen-bond acceptors (Lipinski definition) is 5. The molecule has 2 N–H and O–H groups in total. The molecular weight excluding hydrogens is 332 g/mol. The highest BCUT2D eigenvalue weighted by Crippen LogP contribution is 2.30. The molecule has 1 aromatic carbocycles. The average Bonchev–Trinajstić information content (AvgIpc) is 3.06. The molecule has 1 saturated heterocycles. The van der Waals surface area contributed by atoms with E-state index < -0.39 is 16.1 Å². The van der Waals surface area contributed by atoms with Crippen LogP contribution in [0.5, 0.6) is 5.75 Å². The predicted molar refractivity (Wildman–Crippen MR) is 89.4 cm³/mol. The van der Waals surface area contributed by atoms with E-state index >= 15 is 0 Å². The molecule has 1 fully saturated rings. The number of aliphatic hydroxyl groups excluding tert-OH is 1. The van der Waals surface area contributed by atoms with Crippen molar-refractivity contribution in [1.82, 2.24) is 9.62 Å². The second-order valence-electron chi connectivity index (χ2n) is 5.77. The van der Waals surface area contributed by atoms with Crippen molar-refractivity contribution in [3.63, 3.8) is 0 Å². The van der Waals surface area contributed by atoms with Crippen LogP contribution in [0.25, 0.3) is 0 Å². The van der Waals surface area contributed by atoms with Crippen molar-refractivity contribution in [2.24, 2.45) is 0 Å². The van der Waals surface area contributed by atoms with E-state index in [1.165, 1.54) is 17.5 Å². The zero-order valence-corrected chi connectivity index (χ0v) is 14.8. The van der Waals surface area contributed by atoms with Crippen LogP contribution in [0, 0.1) is 6.92 Å². The van der Waals surface area contributed by atoms with Gasteiger partial charge in [0.15, 0.2) is 0 Å². The lowest BCUT2D eigenvalue weighted by atomic mass is 10.2. The normalized spacial score (nSPS) is 18.5. The summed E-state index contributed by atoms with van der Waals surface area (Å²) in [5, 5.41) is 11.5. The summed E-state index contributed by atoms with van der Waals surface area (Å²) >= 11 is 0. The Balaban J connectivity index is 2.26. The van der Waals surface area contributed by atoms with Crippen LogP contribution in [0.2, 0.25) is 0 Å². The summed E-state index contributed by atoms with van der Waals surface area (Å²) in [5.74, 6) is 0.146. The molecule has 1 aromatic rings. The third kappa shape index (κ3) is 3.88. The van der Waals surface area contributed by atoms with Crippen molar-refractivity contribution in [1.29, 1.82) is 0 Å².